The van der Waals surface area contributed by atoms with E-state index in [0.717, 1.165) is 29.7 Å². The van der Waals surface area contributed by atoms with Crippen LogP contribution in [0.4, 0.5) is 0 Å². The van der Waals surface area contributed by atoms with E-state index in [1.165, 1.54) is 4.31 Å². The monoisotopic (exact) mass is 289 g/mol. The maximum Gasteiger partial charge on any atom is 0.252 e. The number of unbranched alkanes of at least 4 members (excludes halogenated alkanes) is 1. The summed E-state index contributed by atoms with van der Waals surface area (Å²) in [6.45, 7) is 5.77. The molecule has 0 atom stereocenters. The third-order valence-corrected chi connectivity index (χ3v) is 6.22. The van der Waals surface area contributed by atoms with Crippen LogP contribution in [0.15, 0.2) is 22.9 Å². The average molecular weight is 289 g/mol. The lowest BCUT2D eigenvalue weighted by Crippen LogP contribution is -2.27. The smallest absolute Gasteiger partial charge is 0.252 e. The summed E-state index contributed by atoms with van der Waals surface area (Å²) >= 11 is 1.13. The van der Waals surface area contributed by atoms with Gasteiger partial charge in [-0.3, -0.25) is 0 Å². The summed E-state index contributed by atoms with van der Waals surface area (Å²) in [5.41, 5.74) is 0.820. The summed E-state index contributed by atoms with van der Waals surface area (Å²) in [4.78, 5) is 0.702. The number of nitrogens with zero attached hydrogens (tertiary/aromatic N) is 1. The zero-order valence-corrected chi connectivity index (χ0v) is 12.4. The lowest BCUT2D eigenvalue weighted by molar-refractivity contribution is 0.285. The van der Waals surface area contributed by atoms with E-state index >= 15 is 0 Å². The fourth-order valence-electron chi connectivity index (χ4n) is 1.50. The zero-order valence-electron chi connectivity index (χ0n) is 10.7. The van der Waals surface area contributed by atoms with E-state index in [4.69, 9.17) is 5.11 Å². The van der Waals surface area contributed by atoms with Gasteiger partial charge in [0, 0.05) is 18.5 Å². The number of allylic oxidation sites excluding steroid dienone is 1. The number of rotatable bonds is 7. The van der Waals surface area contributed by atoms with Crippen molar-refractivity contribution in [3.05, 3.63) is 29.2 Å². The van der Waals surface area contributed by atoms with E-state index in [0.29, 0.717) is 15.6 Å². The van der Waals surface area contributed by atoms with Crippen molar-refractivity contribution < 1.29 is 13.5 Å². The van der Waals surface area contributed by atoms with Gasteiger partial charge in [0.25, 0.3) is 10.0 Å². The second kappa shape index (κ2) is 6.47. The first-order valence-corrected chi connectivity index (χ1v) is 7.96. The highest BCUT2D eigenvalue weighted by molar-refractivity contribution is 7.91. The molecule has 0 aliphatic heterocycles. The van der Waals surface area contributed by atoms with E-state index in [9.17, 15) is 8.42 Å². The molecule has 0 aliphatic rings. The Hall–Kier alpha value is -0.690. The Balaban J connectivity index is 2.87. The van der Waals surface area contributed by atoms with Crippen LogP contribution in [0, 0.1) is 6.92 Å². The average Bonchev–Trinajstić information content (AvgIpc) is 2.71. The molecule has 1 aromatic heterocycles. The molecular weight excluding hydrogens is 270 g/mol. The Morgan fingerprint density at radius 2 is 2.22 bits per heavy atom. The predicted octanol–water partition coefficient (Wildman–Crippen LogP) is 2.14. The van der Waals surface area contributed by atoms with Gasteiger partial charge in [-0.1, -0.05) is 6.08 Å². The van der Waals surface area contributed by atoms with Crippen LogP contribution in [0.25, 0.3) is 0 Å². The molecule has 0 radical (unpaired) electrons. The van der Waals surface area contributed by atoms with Crippen LogP contribution >= 0.6 is 11.3 Å². The summed E-state index contributed by atoms with van der Waals surface area (Å²) in [5, 5.41) is 9.10. The van der Waals surface area contributed by atoms with Gasteiger partial charge in [-0.25, -0.2) is 12.7 Å². The standard InChI is InChI=1S/C12H19NO3S2/c1-4-5-6-7-13(3)18(15,16)12-8-10(2)11(9-14)17-12/h4,8,14H,1,5-7,9H2,2-3H3. The van der Waals surface area contributed by atoms with Gasteiger partial charge in [-0.2, -0.15) is 0 Å². The number of aliphatic hydroxyl groups excluding tert-OH is 1. The van der Waals surface area contributed by atoms with Gasteiger partial charge in [0.05, 0.1) is 6.61 Å². The van der Waals surface area contributed by atoms with Crippen molar-refractivity contribution in [3.63, 3.8) is 0 Å². The molecule has 0 unspecified atom stereocenters. The van der Waals surface area contributed by atoms with Crippen LogP contribution in [-0.4, -0.2) is 31.4 Å². The molecule has 0 amide bonds. The molecule has 0 aliphatic carbocycles. The Bertz CT molecular complexity index is 505. The largest absolute Gasteiger partial charge is 0.391 e. The van der Waals surface area contributed by atoms with Gasteiger partial charge < -0.3 is 5.11 Å². The van der Waals surface area contributed by atoms with Gasteiger partial charge in [-0.15, -0.1) is 17.9 Å². The van der Waals surface area contributed by atoms with Crippen molar-refractivity contribution in [2.24, 2.45) is 0 Å². The molecule has 0 spiro atoms. The molecular formula is C12H19NO3S2. The molecule has 18 heavy (non-hydrogen) atoms. The first kappa shape index (κ1) is 15.4. The molecule has 102 valence electrons. The Kier molecular flexibility index (Phi) is 5.52. The normalized spacial score (nSPS) is 12.0. The van der Waals surface area contributed by atoms with Crippen molar-refractivity contribution in [2.75, 3.05) is 13.6 Å². The summed E-state index contributed by atoms with van der Waals surface area (Å²) in [6.07, 6.45) is 3.33. The third-order valence-electron chi connectivity index (χ3n) is 2.69. The highest BCUT2D eigenvalue weighted by Gasteiger charge is 2.23. The highest BCUT2D eigenvalue weighted by atomic mass is 32.2. The highest BCUT2D eigenvalue weighted by Crippen LogP contribution is 2.28. The number of thiophene rings is 1. The Morgan fingerprint density at radius 1 is 1.56 bits per heavy atom. The third kappa shape index (κ3) is 3.41. The summed E-state index contributed by atoms with van der Waals surface area (Å²) in [7, 11) is -1.85. The van der Waals surface area contributed by atoms with E-state index in [2.05, 4.69) is 6.58 Å². The minimum absolute atomic E-state index is 0.119. The maximum atomic E-state index is 12.2. The van der Waals surface area contributed by atoms with Crippen molar-refractivity contribution in [2.45, 2.75) is 30.6 Å². The molecule has 0 saturated carbocycles. The summed E-state index contributed by atoms with van der Waals surface area (Å²) < 4.78 is 26.1. The molecule has 6 heteroatoms. The Morgan fingerprint density at radius 3 is 2.72 bits per heavy atom. The second-order valence-electron chi connectivity index (χ2n) is 4.09. The van der Waals surface area contributed by atoms with E-state index < -0.39 is 10.0 Å². The molecule has 0 saturated heterocycles. The molecule has 4 nitrogen and oxygen atoms in total. The first-order chi connectivity index (χ1) is 8.43. The van der Waals surface area contributed by atoms with E-state index in [1.807, 2.05) is 0 Å². The second-order valence-corrected chi connectivity index (χ2v) is 7.50. The molecule has 1 aromatic rings. The number of hydrogen-bond acceptors (Lipinski definition) is 4. The lowest BCUT2D eigenvalue weighted by Gasteiger charge is -2.15. The number of sulfonamides is 1. The van der Waals surface area contributed by atoms with Gasteiger partial charge in [0.2, 0.25) is 0 Å². The number of aliphatic hydroxyl groups is 1. The molecule has 0 aromatic carbocycles. The quantitative estimate of drug-likeness (QED) is 0.618. The van der Waals surface area contributed by atoms with Crippen molar-refractivity contribution in [1.29, 1.82) is 0 Å². The Labute approximate surface area is 113 Å². The number of aryl methyl sites for hydroxylation is 1. The predicted molar refractivity (Wildman–Crippen MR) is 74.2 cm³/mol. The van der Waals surface area contributed by atoms with Crippen LogP contribution in [0.1, 0.15) is 23.3 Å². The topological polar surface area (TPSA) is 57.6 Å². The minimum atomic E-state index is -3.42. The molecule has 1 rings (SSSR count). The fraction of sp³-hybridized carbons (Fsp3) is 0.500. The van der Waals surface area contributed by atoms with Crippen LogP contribution in [0.3, 0.4) is 0 Å². The number of hydrogen-bond donors (Lipinski definition) is 1. The zero-order chi connectivity index (χ0) is 13.8. The molecule has 1 N–H and O–H groups in total. The molecule has 1 heterocycles. The van der Waals surface area contributed by atoms with Gasteiger partial charge in [0.1, 0.15) is 4.21 Å². The lowest BCUT2D eigenvalue weighted by atomic mass is 10.3. The van der Waals surface area contributed by atoms with Gasteiger partial charge in [-0.05, 0) is 31.4 Å². The van der Waals surface area contributed by atoms with Crippen LogP contribution in [0.5, 0.6) is 0 Å². The first-order valence-electron chi connectivity index (χ1n) is 5.71. The van der Waals surface area contributed by atoms with Crippen LogP contribution < -0.4 is 0 Å². The summed E-state index contributed by atoms with van der Waals surface area (Å²) in [6, 6.07) is 1.62. The van der Waals surface area contributed by atoms with Crippen LogP contribution in [-0.2, 0) is 16.6 Å². The van der Waals surface area contributed by atoms with Crippen molar-refractivity contribution in [1.82, 2.24) is 4.31 Å². The SMILES string of the molecule is C=CCCCN(C)S(=O)(=O)c1cc(C)c(CO)s1. The van der Waals surface area contributed by atoms with Gasteiger partial charge >= 0.3 is 0 Å². The fourth-order valence-corrected chi connectivity index (χ4v) is 4.37. The van der Waals surface area contributed by atoms with Crippen molar-refractivity contribution in [3.8, 4) is 0 Å². The van der Waals surface area contributed by atoms with Gasteiger partial charge in [0.15, 0.2) is 0 Å². The van der Waals surface area contributed by atoms with E-state index in [-0.39, 0.29) is 6.61 Å². The summed E-state index contributed by atoms with van der Waals surface area (Å²) in [5.74, 6) is 0. The van der Waals surface area contributed by atoms with Crippen molar-refractivity contribution >= 4 is 21.4 Å². The van der Waals surface area contributed by atoms with Crippen LogP contribution in [0.2, 0.25) is 0 Å². The molecule has 0 bridgehead atoms. The maximum absolute atomic E-state index is 12.2. The molecule has 0 fully saturated rings. The van der Waals surface area contributed by atoms with E-state index in [1.54, 1.807) is 26.1 Å². The minimum Gasteiger partial charge on any atom is -0.391 e.